The van der Waals surface area contributed by atoms with Crippen molar-refractivity contribution >= 4 is 30.2 Å². The summed E-state index contributed by atoms with van der Waals surface area (Å²) in [5, 5.41) is 2.67. The molecular formula is C26H30F6NO2Sb. The number of aryl methyl sites for hydroxylation is 1. The van der Waals surface area contributed by atoms with Gasteiger partial charge in [0.1, 0.15) is 0 Å². The third-order valence-electron chi connectivity index (χ3n) is 6.85. The van der Waals surface area contributed by atoms with E-state index in [1.54, 1.807) is 14.2 Å². The Bertz CT molecular complexity index is 1260. The molecule has 0 unspecified atom stereocenters. The van der Waals surface area contributed by atoms with Crippen LogP contribution in [0, 0.1) is 5.92 Å². The summed E-state index contributed by atoms with van der Waals surface area (Å²) >= 11 is -11.2. The van der Waals surface area contributed by atoms with Crippen molar-refractivity contribution in [3.05, 3.63) is 53.7 Å². The van der Waals surface area contributed by atoms with Crippen LogP contribution in [0.25, 0.3) is 22.0 Å². The molecule has 0 bridgehead atoms. The van der Waals surface area contributed by atoms with E-state index in [4.69, 9.17) is 9.47 Å². The van der Waals surface area contributed by atoms with Crippen molar-refractivity contribution in [2.45, 2.75) is 51.5 Å². The normalized spacial score (nSPS) is 17.7. The van der Waals surface area contributed by atoms with Crippen LogP contribution in [0.3, 0.4) is 0 Å². The van der Waals surface area contributed by atoms with Crippen LogP contribution in [-0.4, -0.2) is 33.7 Å². The zero-order chi connectivity index (χ0) is 26.2. The van der Waals surface area contributed by atoms with Gasteiger partial charge in [-0.2, -0.15) is 4.57 Å². The zero-order valence-corrected chi connectivity index (χ0v) is 22.8. The Balaban J connectivity index is 0.000000384. The van der Waals surface area contributed by atoms with Gasteiger partial charge in [-0.3, -0.25) is 0 Å². The number of pyridine rings is 1. The van der Waals surface area contributed by atoms with Crippen LogP contribution in [0.15, 0.2) is 42.5 Å². The maximum absolute atomic E-state index is 11.2. The fourth-order valence-electron chi connectivity index (χ4n) is 5.37. The first-order valence-electron chi connectivity index (χ1n) is 12.0. The van der Waals surface area contributed by atoms with Crippen molar-refractivity contribution < 1.29 is 30.9 Å². The van der Waals surface area contributed by atoms with Crippen LogP contribution in [0.1, 0.15) is 43.4 Å². The van der Waals surface area contributed by atoms with Crippen molar-refractivity contribution in [1.82, 2.24) is 0 Å². The molecule has 5 rings (SSSR count). The molecule has 0 saturated heterocycles. The molecule has 1 fully saturated rings. The number of ether oxygens (including phenoxy) is 2. The summed E-state index contributed by atoms with van der Waals surface area (Å²) in [6.45, 7) is 1.03. The molecule has 198 valence electrons. The van der Waals surface area contributed by atoms with Gasteiger partial charge in [0.15, 0.2) is 23.7 Å². The molecule has 0 atom stereocenters. The molecule has 1 aliphatic heterocycles. The number of hydrogen-bond donors (Lipinski definition) is 0. The standard InChI is InChI=1S/C26H30NO2.6FH.Sb/c1-28-24-16-20-12-13-27-21(14-18-8-4-3-5-9-18)15-19-10-6-7-11-22(19)26(27)23(20)17-25(24)29-2;;;;;;;/h6-7,10-11,15-18H,3-5,8-9,12-14H2,1-2H3;6*1H;/q+1;;;;;;;+5/p-6. The van der Waals surface area contributed by atoms with Gasteiger partial charge in [0, 0.05) is 18.9 Å². The Hall–Kier alpha value is -2.15. The van der Waals surface area contributed by atoms with Crippen molar-refractivity contribution in [2.75, 3.05) is 14.2 Å². The average molecular weight is 624 g/mol. The molecule has 2 heterocycles. The van der Waals surface area contributed by atoms with Crippen LogP contribution in [0.5, 0.6) is 11.5 Å². The summed E-state index contributed by atoms with van der Waals surface area (Å²) in [5.41, 5.74) is 5.47. The van der Waals surface area contributed by atoms with Gasteiger partial charge in [0.2, 0.25) is 5.69 Å². The molecule has 0 spiro atoms. The molecule has 0 amide bonds. The second kappa shape index (κ2) is 9.30. The summed E-state index contributed by atoms with van der Waals surface area (Å²) in [7, 11) is 3.44. The number of nitrogens with zero attached hydrogens (tertiary/aromatic N) is 1. The van der Waals surface area contributed by atoms with Crippen LogP contribution in [-0.2, 0) is 19.4 Å². The molecular weight excluding hydrogens is 594 g/mol. The summed E-state index contributed by atoms with van der Waals surface area (Å²) in [4.78, 5) is 0. The van der Waals surface area contributed by atoms with Gasteiger partial charge in [-0.05, 0) is 47.9 Å². The fraction of sp³-hybridized carbons (Fsp3) is 0.423. The minimum absolute atomic E-state index is 0.807. The average Bonchev–Trinajstić information content (AvgIpc) is 2.81. The van der Waals surface area contributed by atoms with Gasteiger partial charge in [0.05, 0.1) is 25.2 Å². The van der Waals surface area contributed by atoms with Crippen LogP contribution < -0.4 is 14.0 Å². The summed E-state index contributed by atoms with van der Waals surface area (Å²) in [6, 6.07) is 15.6. The summed E-state index contributed by atoms with van der Waals surface area (Å²) in [5.74, 6) is 2.46. The van der Waals surface area contributed by atoms with E-state index in [1.165, 1.54) is 71.8 Å². The molecule has 3 nitrogen and oxygen atoms in total. The number of rotatable bonds is 4. The molecule has 3 aromatic rings. The van der Waals surface area contributed by atoms with Gasteiger partial charge in [0.25, 0.3) is 0 Å². The van der Waals surface area contributed by atoms with Gasteiger partial charge in [-0.25, -0.2) is 0 Å². The van der Waals surface area contributed by atoms with E-state index in [2.05, 4.69) is 47.0 Å². The Morgan fingerprint density at radius 1 is 0.861 bits per heavy atom. The number of aromatic nitrogens is 1. The molecule has 36 heavy (non-hydrogen) atoms. The van der Waals surface area contributed by atoms with Crippen LogP contribution in [0.4, 0.5) is 16.9 Å². The Labute approximate surface area is 208 Å². The van der Waals surface area contributed by atoms with E-state index >= 15 is 0 Å². The second-order valence-electron chi connectivity index (χ2n) is 9.50. The van der Waals surface area contributed by atoms with Crippen LogP contribution in [0.2, 0.25) is 0 Å². The van der Waals surface area contributed by atoms with E-state index in [1.807, 2.05) is 0 Å². The molecule has 2 aromatic carbocycles. The Morgan fingerprint density at radius 3 is 2.11 bits per heavy atom. The van der Waals surface area contributed by atoms with E-state index < -0.39 is 19.5 Å². The van der Waals surface area contributed by atoms with E-state index in [0.29, 0.717) is 0 Å². The Morgan fingerprint density at radius 2 is 1.47 bits per heavy atom. The fourth-order valence-corrected chi connectivity index (χ4v) is 5.37. The van der Waals surface area contributed by atoms with Gasteiger partial charge < -0.3 is 9.47 Å². The van der Waals surface area contributed by atoms with Crippen molar-refractivity contribution in [1.29, 1.82) is 0 Å². The van der Waals surface area contributed by atoms with Crippen molar-refractivity contribution in [3.8, 4) is 22.8 Å². The number of fused-ring (bicyclic) bond motifs is 5. The number of hydrogen-bond acceptors (Lipinski definition) is 2. The van der Waals surface area contributed by atoms with Crippen molar-refractivity contribution in [2.24, 2.45) is 5.92 Å². The monoisotopic (exact) mass is 623 g/mol. The zero-order valence-electron chi connectivity index (χ0n) is 20.3. The quantitative estimate of drug-likeness (QED) is 0.169. The number of halogens is 6. The predicted octanol–water partition coefficient (Wildman–Crippen LogP) is 7.63. The van der Waals surface area contributed by atoms with Gasteiger partial charge in [-0.15, -0.1) is 0 Å². The predicted molar refractivity (Wildman–Crippen MR) is 129 cm³/mol. The van der Waals surface area contributed by atoms with Crippen LogP contribution >= 0.6 is 0 Å². The number of benzene rings is 2. The number of methoxy groups -OCH3 is 2. The topological polar surface area (TPSA) is 22.3 Å². The molecule has 2 aliphatic rings. The first kappa shape index (κ1) is 26.9. The molecule has 1 saturated carbocycles. The third-order valence-corrected chi connectivity index (χ3v) is 6.85. The Kier molecular flexibility index (Phi) is 6.95. The third kappa shape index (κ3) is 6.99. The molecule has 10 heteroatoms. The molecule has 1 aliphatic carbocycles. The summed E-state index contributed by atoms with van der Waals surface area (Å²) in [6.07, 6.45) is 9.18. The SMILES string of the molecule is COc1cc2c(cc1OC)-c1c3ccccc3cc(CC3CCCCC3)[n+]1CC2.[F][Sb-]([F])([F])([F])([F])[F]. The first-order valence-corrected chi connectivity index (χ1v) is 17.8. The van der Waals surface area contributed by atoms with Gasteiger partial charge in [-0.1, -0.05) is 37.5 Å². The van der Waals surface area contributed by atoms with E-state index in [0.717, 1.165) is 30.4 Å². The second-order valence-corrected chi connectivity index (χ2v) is 15.0. The summed E-state index contributed by atoms with van der Waals surface area (Å²) < 4.78 is 73.4. The molecule has 0 radical (unpaired) electrons. The minimum atomic E-state index is -11.2. The first-order chi connectivity index (χ1) is 16.7. The maximum atomic E-state index is 9.93. The molecule has 1 aromatic heterocycles. The van der Waals surface area contributed by atoms with Crippen molar-refractivity contribution in [3.63, 3.8) is 0 Å². The van der Waals surface area contributed by atoms with Gasteiger partial charge >= 0.3 is 36.4 Å². The van der Waals surface area contributed by atoms with E-state index in [-0.39, 0.29) is 0 Å². The van der Waals surface area contributed by atoms with E-state index in [9.17, 15) is 16.9 Å². The molecule has 0 N–H and O–H groups in total.